The van der Waals surface area contributed by atoms with Crippen molar-refractivity contribution in [2.45, 2.75) is 52.3 Å². The van der Waals surface area contributed by atoms with Crippen LogP contribution in [0.3, 0.4) is 0 Å². The summed E-state index contributed by atoms with van der Waals surface area (Å²) < 4.78 is 11.7. The molecule has 3 nitrogen and oxygen atoms in total. The van der Waals surface area contributed by atoms with Crippen LogP contribution in [0.2, 0.25) is 12.6 Å². The summed E-state index contributed by atoms with van der Waals surface area (Å²) in [5, 5.41) is 0. The van der Waals surface area contributed by atoms with Crippen LogP contribution >= 0.6 is 0 Å². The number of carbonyl (C=O) groups is 1. The van der Waals surface area contributed by atoms with Crippen LogP contribution in [-0.2, 0) is 13.6 Å². The van der Waals surface area contributed by atoms with Gasteiger partial charge in [0.1, 0.15) is 5.60 Å². The first-order valence-electron chi connectivity index (χ1n) is 5.82. The van der Waals surface area contributed by atoms with E-state index in [1.165, 1.54) is 6.08 Å². The Morgan fingerprint density at radius 3 is 2.38 bits per heavy atom. The Morgan fingerprint density at radius 1 is 1.44 bits per heavy atom. The molecule has 4 heteroatoms. The van der Waals surface area contributed by atoms with E-state index in [4.69, 9.17) is 8.85 Å². The van der Waals surface area contributed by atoms with Crippen LogP contribution in [0.1, 0.15) is 34.1 Å². The standard InChI is InChI=1S/C12H24O3Si/c1-7-10-16(6,14-9-3)15-12(4,5)11(13)8-2/h8H,2,7,9-10H2,1,3-6H3. The van der Waals surface area contributed by atoms with E-state index < -0.39 is 14.2 Å². The van der Waals surface area contributed by atoms with Gasteiger partial charge in [0.05, 0.1) is 0 Å². The minimum Gasteiger partial charge on any atom is -0.395 e. The number of ketones is 1. The number of rotatable bonds is 8. The molecule has 0 rings (SSSR count). The molecular formula is C12H24O3Si. The first-order chi connectivity index (χ1) is 7.31. The van der Waals surface area contributed by atoms with Gasteiger partial charge in [-0.3, -0.25) is 4.79 Å². The van der Waals surface area contributed by atoms with Crippen molar-refractivity contribution in [3.05, 3.63) is 12.7 Å². The highest BCUT2D eigenvalue weighted by Gasteiger charge is 2.39. The van der Waals surface area contributed by atoms with Crippen molar-refractivity contribution in [1.29, 1.82) is 0 Å². The highest BCUT2D eigenvalue weighted by atomic mass is 28.4. The molecule has 0 N–H and O–H groups in total. The van der Waals surface area contributed by atoms with E-state index in [0.29, 0.717) is 6.61 Å². The molecule has 0 saturated heterocycles. The third-order valence-corrected chi connectivity index (χ3v) is 5.65. The van der Waals surface area contributed by atoms with Gasteiger partial charge in [0.2, 0.25) is 0 Å². The van der Waals surface area contributed by atoms with Crippen LogP contribution in [0.4, 0.5) is 0 Å². The van der Waals surface area contributed by atoms with E-state index in [2.05, 4.69) is 13.5 Å². The van der Waals surface area contributed by atoms with Gasteiger partial charge in [-0.25, -0.2) is 0 Å². The highest BCUT2D eigenvalue weighted by Crippen LogP contribution is 2.24. The van der Waals surface area contributed by atoms with E-state index >= 15 is 0 Å². The molecule has 1 atom stereocenters. The molecule has 0 aromatic heterocycles. The molecule has 0 heterocycles. The van der Waals surface area contributed by atoms with Gasteiger partial charge in [-0.15, -0.1) is 0 Å². The summed E-state index contributed by atoms with van der Waals surface area (Å²) >= 11 is 0. The Bertz CT molecular complexity index is 243. The molecule has 0 aliphatic heterocycles. The number of hydrogen-bond acceptors (Lipinski definition) is 3. The maximum Gasteiger partial charge on any atom is 0.335 e. The van der Waals surface area contributed by atoms with E-state index in [9.17, 15) is 4.79 Å². The number of carbonyl (C=O) groups excluding carboxylic acids is 1. The fraction of sp³-hybridized carbons (Fsp3) is 0.750. The van der Waals surface area contributed by atoms with Crippen molar-refractivity contribution in [2.75, 3.05) is 6.61 Å². The average Bonchev–Trinajstić information content (AvgIpc) is 2.15. The molecule has 0 aliphatic rings. The maximum absolute atomic E-state index is 11.6. The van der Waals surface area contributed by atoms with Gasteiger partial charge in [-0.2, -0.15) is 0 Å². The Balaban J connectivity index is 4.72. The quantitative estimate of drug-likeness (QED) is 0.486. The van der Waals surface area contributed by atoms with Crippen molar-refractivity contribution in [2.24, 2.45) is 0 Å². The number of hydrogen-bond donors (Lipinski definition) is 0. The van der Waals surface area contributed by atoms with E-state index in [1.54, 1.807) is 13.8 Å². The smallest absolute Gasteiger partial charge is 0.335 e. The normalized spacial score (nSPS) is 15.6. The molecule has 0 aliphatic carbocycles. The van der Waals surface area contributed by atoms with E-state index in [0.717, 1.165) is 12.5 Å². The van der Waals surface area contributed by atoms with Crippen molar-refractivity contribution in [3.8, 4) is 0 Å². The predicted octanol–water partition coefficient (Wildman–Crippen LogP) is 3.06. The topological polar surface area (TPSA) is 35.5 Å². The molecule has 94 valence electrons. The Hall–Kier alpha value is -0.453. The summed E-state index contributed by atoms with van der Waals surface area (Å²) in [4.78, 5) is 11.6. The maximum atomic E-state index is 11.6. The average molecular weight is 244 g/mol. The minimum atomic E-state index is -2.23. The van der Waals surface area contributed by atoms with Crippen LogP contribution in [0.5, 0.6) is 0 Å². The lowest BCUT2D eigenvalue weighted by Gasteiger charge is -2.34. The first kappa shape index (κ1) is 15.5. The third kappa shape index (κ3) is 4.59. The summed E-state index contributed by atoms with van der Waals surface area (Å²) in [5.41, 5.74) is -0.826. The summed E-state index contributed by atoms with van der Waals surface area (Å²) in [7, 11) is -2.23. The summed E-state index contributed by atoms with van der Waals surface area (Å²) in [6, 6.07) is 0.898. The molecule has 0 spiro atoms. The van der Waals surface area contributed by atoms with Gasteiger partial charge in [0.15, 0.2) is 5.78 Å². The lowest BCUT2D eigenvalue weighted by molar-refractivity contribution is -0.128. The van der Waals surface area contributed by atoms with Gasteiger partial charge in [-0.05, 0) is 39.4 Å². The summed E-state index contributed by atoms with van der Waals surface area (Å²) in [6.07, 6.45) is 2.31. The zero-order valence-electron chi connectivity index (χ0n) is 11.1. The van der Waals surface area contributed by atoms with Gasteiger partial charge < -0.3 is 8.85 Å². The zero-order valence-corrected chi connectivity index (χ0v) is 12.1. The highest BCUT2D eigenvalue weighted by molar-refractivity contribution is 6.66. The molecule has 1 unspecified atom stereocenters. The van der Waals surface area contributed by atoms with Crippen LogP contribution in [0.15, 0.2) is 12.7 Å². The molecule has 0 amide bonds. The Kier molecular flexibility index (Phi) is 6.14. The molecule has 0 bridgehead atoms. The lowest BCUT2D eigenvalue weighted by atomic mass is 10.0. The lowest BCUT2D eigenvalue weighted by Crippen LogP contribution is -2.49. The fourth-order valence-electron chi connectivity index (χ4n) is 1.75. The second kappa shape index (κ2) is 6.32. The summed E-state index contributed by atoms with van der Waals surface area (Å²) in [6.45, 7) is 13.7. The minimum absolute atomic E-state index is 0.0953. The van der Waals surface area contributed by atoms with Gasteiger partial charge in [0.25, 0.3) is 0 Å². The monoisotopic (exact) mass is 244 g/mol. The molecular weight excluding hydrogens is 220 g/mol. The molecule has 16 heavy (non-hydrogen) atoms. The molecule has 0 aromatic carbocycles. The third-order valence-electron chi connectivity index (χ3n) is 2.40. The van der Waals surface area contributed by atoms with Gasteiger partial charge >= 0.3 is 8.56 Å². The van der Waals surface area contributed by atoms with Crippen molar-refractivity contribution in [1.82, 2.24) is 0 Å². The molecule has 0 aromatic rings. The second-order valence-corrected chi connectivity index (χ2v) is 7.76. The Labute approximate surface area is 100 Å². The van der Waals surface area contributed by atoms with Crippen LogP contribution in [0, 0.1) is 0 Å². The zero-order chi connectivity index (χ0) is 12.8. The van der Waals surface area contributed by atoms with Crippen LogP contribution in [0.25, 0.3) is 0 Å². The molecule has 0 fully saturated rings. The largest absolute Gasteiger partial charge is 0.395 e. The van der Waals surface area contributed by atoms with Crippen molar-refractivity contribution in [3.63, 3.8) is 0 Å². The van der Waals surface area contributed by atoms with Gasteiger partial charge in [0, 0.05) is 6.61 Å². The molecule has 0 radical (unpaired) electrons. The molecule has 0 saturated carbocycles. The summed E-state index contributed by atoms with van der Waals surface area (Å²) in [5.74, 6) is -0.0953. The van der Waals surface area contributed by atoms with E-state index in [-0.39, 0.29) is 5.78 Å². The SMILES string of the molecule is C=CC(=O)C(C)(C)O[Si](C)(CCC)OCC. The van der Waals surface area contributed by atoms with Crippen molar-refractivity contribution >= 4 is 14.3 Å². The Morgan fingerprint density at radius 2 is 2.00 bits per heavy atom. The van der Waals surface area contributed by atoms with E-state index in [1.807, 2.05) is 13.5 Å². The van der Waals surface area contributed by atoms with Crippen LogP contribution < -0.4 is 0 Å². The fourth-order valence-corrected chi connectivity index (χ4v) is 4.75. The second-order valence-electron chi connectivity index (χ2n) is 4.50. The van der Waals surface area contributed by atoms with Gasteiger partial charge in [-0.1, -0.05) is 19.9 Å². The predicted molar refractivity (Wildman–Crippen MR) is 68.7 cm³/mol. The van der Waals surface area contributed by atoms with Crippen molar-refractivity contribution < 1.29 is 13.6 Å². The first-order valence-corrected chi connectivity index (χ1v) is 8.34. The van der Waals surface area contributed by atoms with Crippen LogP contribution in [-0.4, -0.2) is 26.6 Å².